The van der Waals surface area contributed by atoms with Crippen molar-refractivity contribution >= 4 is 11.9 Å². The Labute approximate surface area is 204 Å². The van der Waals surface area contributed by atoms with E-state index in [4.69, 9.17) is 9.47 Å². The van der Waals surface area contributed by atoms with Gasteiger partial charge in [0, 0.05) is 13.0 Å². The first-order valence-corrected chi connectivity index (χ1v) is 11.4. The zero-order valence-electron chi connectivity index (χ0n) is 19.6. The van der Waals surface area contributed by atoms with Gasteiger partial charge < -0.3 is 9.47 Å². The van der Waals surface area contributed by atoms with Gasteiger partial charge in [-0.05, 0) is 64.1 Å². The molecule has 0 N–H and O–H groups in total. The Morgan fingerprint density at radius 1 is 0.771 bits per heavy atom. The summed E-state index contributed by atoms with van der Waals surface area (Å²) in [5.74, 6) is 0.148. The lowest BCUT2D eigenvalue weighted by Gasteiger charge is -2.34. The Balaban J connectivity index is 1.78. The van der Waals surface area contributed by atoms with Crippen LogP contribution in [0.1, 0.15) is 34.7 Å². The monoisotopic (exact) mass is 460 g/mol. The van der Waals surface area contributed by atoms with E-state index < -0.39 is 11.4 Å². The van der Waals surface area contributed by atoms with Crippen LogP contribution >= 0.6 is 0 Å². The Bertz CT molecular complexity index is 1420. The van der Waals surface area contributed by atoms with E-state index in [0.29, 0.717) is 11.5 Å². The molecule has 0 radical (unpaired) electrons. The second-order valence-corrected chi connectivity index (χ2v) is 8.56. The lowest BCUT2D eigenvalue weighted by atomic mass is 9.67. The molecule has 4 heteroatoms. The fraction of sp³-hybridized carbons (Fsp3) is 0.0968. The van der Waals surface area contributed by atoms with Crippen molar-refractivity contribution in [3.05, 3.63) is 131 Å². The van der Waals surface area contributed by atoms with Gasteiger partial charge in [0.2, 0.25) is 0 Å². The maximum absolute atomic E-state index is 11.7. The van der Waals surface area contributed by atoms with Crippen LogP contribution in [0.4, 0.5) is 0 Å². The molecule has 0 fully saturated rings. The standard InChI is InChI=1S/C31H24O4/c1-4-30(33)35-24-16-13-22(14-17-24)31(23-15-18-29(20(2)19-23)34-21(3)32)27-11-7-5-9-25(27)26-10-6-8-12-28(26)31/h4-19H,1H2,2-3H3. The lowest BCUT2D eigenvalue weighted by Crippen LogP contribution is -2.28. The van der Waals surface area contributed by atoms with Gasteiger partial charge in [-0.25, -0.2) is 4.79 Å². The highest BCUT2D eigenvalue weighted by Crippen LogP contribution is 2.56. The summed E-state index contributed by atoms with van der Waals surface area (Å²) in [5.41, 5.74) is 7.03. The lowest BCUT2D eigenvalue weighted by molar-refractivity contribution is -0.132. The zero-order chi connectivity index (χ0) is 24.6. The second-order valence-electron chi connectivity index (χ2n) is 8.56. The maximum atomic E-state index is 11.7. The van der Waals surface area contributed by atoms with E-state index in [1.807, 2.05) is 43.3 Å². The average molecular weight is 461 g/mol. The molecule has 4 aromatic rings. The number of carbonyl (C=O) groups is 2. The number of carbonyl (C=O) groups excluding carboxylic acids is 2. The minimum Gasteiger partial charge on any atom is -0.426 e. The van der Waals surface area contributed by atoms with E-state index in [-0.39, 0.29) is 5.97 Å². The zero-order valence-corrected chi connectivity index (χ0v) is 19.6. The van der Waals surface area contributed by atoms with E-state index >= 15 is 0 Å². The fourth-order valence-corrected chi connectivity index (χ4v) is 5.11. The topological polar surface area (TPSA) is 52.6 Å². The SMILES string of the molecule is C=CC(=O)Oc1ccc(C2(c3ccc(OC(C)=O)c(C)c3)c3ccccc3-c3ccccc32)cc1. The average Bonchev–Trinajstić information content (AvgIpc) is 3.17. The maximum Gasteiger partial charge on any atom is 0.335 e. The molecule has 172 valence electrons. The van der Waals surface area contributed by atoms with Crippen molar-refractivity contribution in [2.24, 2.45) is 0 Å². The van der Waals surface area contributed by atoms with Crippen LogP contribution in [0.2, 0.25) is 0 Å². The second kappa shape index (κ2) is 8.73. The summed E-state index contributed by atoms with van der Waals surface area (Å²) < 4.78 is 10.7. The predicted molar refractivity (Wildman–Crippen MR) is 136 cm³/mol. The molecular weight excluding hydrogens is 436 g/mol. The Hall–Kier alpha value is -4.44. The van der Waals surface area contributed by atoms with E-state index in [1.54, 1.807) is 0 Å². The van der Waals surface area contributed by atoms with Gasteiger partial charge >= 0.3 is 11.9 Å². The number of rotatable bonds is 5. The van der Waals surface area contributed by atoms with Crippen LogP contribution in [0.3, 0.4) is 0 Å². The molecule has 1 aliphatic rings. The molecule has 0 amide bonds. The van der Waals surface area contributed by atoms with Crippen LogP contribution in [0.5, 0.6) is 11.5 Å². The van der Waals surface area contributed by atoms with Gasteiger partial charge in [-0.1, -0.05) is 79.4 Å². The van der Waals surface area contributed by atoms with Crippen molar-refractivity contribution in [2.75, 3.05) is 0 Å². The molecule has 4 aromatic carbocycles. The summed E-state index contributed by atoms with van der Waals surface area (Å²) in [6.45, 7) is 6.81. The molecule has 35 heavy (non-hydrogen) atoms. The number of hydrogen-bond acceptors (Lipinski definition) is 4. The molecule has 0 aromatic heterocycles. The molecule has 0 spiro atoms. The molecule has 0 unspecified atom stereocenters. The van der Waals surface area contributed by atoms with E-state index in [2.05, 4.69) is 61.2 Å². The number of aryl methyl sites for hydroxylation is 1. The van der Waals surface area contributed by atoms with Crippen LogP contribution in [-0.4, -0.2) is 11.9 Å². The summed E-state index contributed by atoms with van der Waals surface area (Å²) in [5, 5.41) is 0. The Morgan fingerprint density at radius 3 is 1.89 bits per heavy atom. The summed E-state index contributed by atoms with van der Waals surface area (Å²) in [6, 6.07) is 30.4. The first-order valence-electron chi connectivity index (χ1n) is 11.4. The van der Waals surface area contributed by atoms with Crippen molar-refractivity contribution < 1.29 is 19.1 Å². The van der Waals surface area contributed by atoms with E-state index in [0.717, 1.165) is 33.9 Å². The Morgan fingerprint density at radius 2 is 1.34 bits per heavy atom. The molecule has 0 aliphatic heterocycles. The highest BCUT2D eigenvalue weighted by molar-refractivity contribution is 5.86. The molecule has 0 saturated heterocycles. The quantitative estimate of drug-likeness (QED) is 0.174. The van der Waals surface area contributed by atoms with E-state index in [1.165, 1.54) is 18.1 Å². The normalized spacial score (nSPS) is 12.9. The summed E-state index contributed by atoms with van der Waals surface area (Å²) in [7, 11) is 0. The van der Waals surface area contributed by atoms with Crippen molar-refractivity contribution in [3.63, 3.8) is 0 Å². The summed E-state index contributed by atoms with van der Waals surface area (Å²) in [6.07, 6.45) is 1.15. The number of fused-ring (bicyclic) bond motifs is 3. The number of hydrogen-bond donors (Lipinski definition) is 0. The van der Waals surface area contributed by atoms with Gasteiger partial charge in [0.1, 0.15) is 11.5 Å². The highest BCUT2D eigenvalue weighted by Gasteiger charge is 2.46. The number of ether oxygens (including phenoxy) is 2. The van der Waals surface area contributed by atoms with Crippen LogP contribution in [-0.2, 0) is 15.0 Å². The van der Waals surface area contributed by atoms with Crippen molar-refractivity contribution in [3.8, 4) is 22.6 Å². The fourth-order valence-electron chi connectivity index (χ4n) is 5.11. The van der Waals surface area contributed by atoms with Crippen LogP contribution < -0.4 is 9.47 Å². The Kier molecular flexibility index (Phi) is 5.58. The van der Waals surface area contributed by atoms with Gasteiger partial charge in [-0.3, -0.25) is 4.79 Å². The molecule has 0 heterocycles. The van der Waals surface area contributed by atoms with Crippen molar-refractivity contribution in [1.29, 1.82) is 0 Å². The number of esters is 2. The first kappa shape index (κ1) is 22.4. The minimum atomic E-state index is -0.603. The summed E-state index contributed by atoms with van der Waals surface area (Å²) in [4.78, 5) is 23.3. The smallest absolute Gasteiger partial charge is 0.335 e. The molecule has 5 rings (SSSR count). The van der Waals surface area contributed by atoms with Crippen molar-refractivity contribution in [1.82, 2.24) is 0 Å². The van der Waals surface area contributed by atoms with Gasteiger partial charge in [0.25, 0.3) is 0 Å². The summed E-state index contributed by atoms with van der Waals surface area (Å²) >= 11 is 0. The number of benzene rings is 4. The van der Waals surface area contributed by atoms with Gasteiger partial charge in [0.15, 0.2) is 0 Å². The minimum absolute atomic E-state index is 0.350. The van der Waals surface area contributed by atoms with Gasteiger partial charge in [-0.2, -0.15) is 0 Å². The van der Waals surface area contributed by atoms with Crippen LogP contribution in [0.25, 0.3) is 11.1 Å². The molecule has 0 saturated carbocycles. The van der Waals surface area contributed by atoms with Crippen LogP contribution in [0, 0.1) is 6.92 Å². The largest absolute Gasteiger partial charge is 0.426 e. The third-order valence-electron chi connectivity index (χ3n) is 6.49. The molecule has 1 aliphatic carbocycles. The predicted octanol–water partition coefficient (Wildman–Crippen LogP) is 6.37. The third kappa shape index (κ3) is 3.64. The van der Waals surface area contributed by atoms with Crippen LogP contribution in [0.15, 0.2) is 104 Å². The van der Waals surface area contributed by atoms with Gasteiger partial charge in [-0.15, -0.1) is 0 Å². The molecule has 0 atom stereocenters. The highest BCUT2D eigenvalue weighted by atomic mass is 16.5. The molecule has 0 bridgehead atoms. The van der Waals surface area contributed by atoms with E-state index in [9.17, 15) is 9.59 Å². The first-order chi connectivity index (χ1) is 16.9. The third-order valence-corrected chi connectivity index (χ3v) is 6.49. The van der Waals surface area contributed by atoms with Gasteiger partial charge in [0.05, 0.1) is 5.41 Å². The molecular formula is C31H24O4. The molecule has 4 nitrogen and oxygen atoms in total. The van der Waals surface area contributed by atoms with Crippen molar-refractivity contribution in [2.45, 2.75) is 19.3 Å².